The number of esters is 1. The molecule has 1 atom stereocenters. The van der Waals surface area contributed by atoms with Gasteiger partial charge >= 0.3 is 12.1 Å². The van der Waals surface area contributed by atoms with Crippen LogP contribution in [0, 0.1) is 5.92 Å². The first-order valence-corrected chi connectivity index (χ1v) is 8.15. The van der Waals surface area contributed by atoms with Gasteiger partial charge in [-0.3, -0.25) is 4.79 Å². The van der Waals surface area contributed by atoms with E-state index < -0.39 is 29.7 Å². The second-order valence-corrected chi connectivity index (χ2v) is 6.35. The number of hydrogen-bond acceptors (Lipinski definition) is 5. The minimum atomic E-state index is -4.48. The van der Waals surface area contributed by atoms with E-state index in [9.17, 15) is 22.8 Å². The van der Waals surface area contributed by atoms with E-state index in [-0.39, 0.29) is 17.4 Å². The molecule has 146 valence electrons. The number of amides is 1. The minimum absolute atomic E-state index is 0.104. The Morgan fingerprint density at radius 2 is 1.96 bits per heavy atom. The number of hydrogen-bond donors (Lipinski definition) is 1. The summed E-state index contributed by atoms with van der Waals surface area (Å²) >= 11 is 0. The van der Waals surface area contributed by atoms with Gasteiger partial charge in [0.2, 0.25) is 5.76 Å². The second kappa shape index (κ2) is 8.24. The van der Waals surface area contributed by atoms with E-state index >= 15 is 0 Å². The quantitative estimate of drug-likeness (QED) is 0.762. The van der Waals surface area contributed by atoms with E-state index in [0.29, 0.717) is 12.0 Å². The van der Waals surface area contributed by atoms with Crippen LogP contribution in [-0.4, -0.2) is 24.1 Å². The van der Waals surface area contributed by atoms with Crippen molar-refractivity contribution in [1.29, 1.82) is 0 Å². The predicted octanol–water partition coefficient (Wildman–Crippen LogP) is 4.00. The van der Waals surface area contributed by atoms with Crippen LogP contribution in [0.25, 0.3) is 0 Å². The summed E-state index contributed by atoms with van der Waals surface area (Å²) in [6.07, 6.45) is -4.07. The number of benzene rings is 1. The number of carbonyl (C=O) groups is 2. The number of ether oxygens (including phenoxy) is 1. The number of halogens is 3. The lowest BCUT2D eigenvalue weighted by Gasteiger charge is -2.21. The third-order valence-electron chi connectivity index (χ3n) is 3.76. The summed E-state index contributed by atoms with van der Waals surface area (Å²) in [6.45, 7) is 3.77. The van der Waals surface area contributed by atoms with E-state index in [1.54, 1.807) is 0 Å². The third-order valence-corrected chi connectivity index (χ3v) is 3.76. The van der Waals surface area contributed by atoms with Gasteiger partial charge in [-0.05, 0) is 30.0 Å². The van der Waals surface area contributed by atoms with Crippen molar-refractivity contribution in [2.24, 2.45) is 5.92 Å². The van der Waals surface area contributed by atoms with Crippen molar-refractivity contribution in [2.45, 2.75) is 32.5 Å². The Bertz CT molecular complexity index is 815. The van der Waals surface area contributed by atoms with Gasteiger partial charge in [0.15, 0.2) is 5.69 Å². The summed E-state index contributed by atoms with van der Waals surface area (Å²) in [4.78, 5) is 23.8. The zero-order chi connectivity index (χ0) is 20.2. The average molecular weight is 384 g/mol. The smallest absolute Gasteiger partial charge is 0.416 e. The van der Waals surface area contributed by atoms with Gasteiger partial charge in [0.1, 0.15) is 0 Å². The Morgan fingerprint density at radius 3 is 2.56 bits per heavy atom. The molecular formula is C18H19F3N2O4. The molecule has 0 spiro atoms. The minimum Gasteiger partial charge on any atom is -0.463 e. The second-order valence-electron chi connectivity index (χ2n) is 6.35. The highest BCUT2D eigenvalue weighted by Crippen LogP contribution is 2.32. The van der Waals surface area contributed by atoms with E-state index in [1.807, 2.05) is 13.8 Å². The van der Waals surface area contributed by atoms with Gasteiger partial charge in [-0.15, -0.1) is 0 Å². The molecule has 1 aromatic carbocycles. The molecule has 1 amide bonds. The molecule has 27 heavy (non-hydrogen) atoms. The van der Waals surface area contributed by atoms with E-state index in [1.165, 1.54) is 12.1 Å². The molecule has 6 nitrogen and oxygen atoms in total. The van der Waals surface area contributed by atoms with Crippen LogP contribution in [-0.2, 0) is 10.9 Å². The first-order chi connectivity index (χ1) is 12.6. The molecule has 0 aliphatic rings. The maximum Gasteiger partial charge on any atom is 0.416 e. The normalized spacial score (nSPS) is 12.7. The van der Waals surface area contributed by atoms with Crippen LogP contribution in [0.15, 0.2) is 34.9 Å². The van der Waals surface area contributed by atoms with E-state index in [0.717, 1.165) is 25.3 Å². The lowest BCUT2D eigenvalue weighted by atomic mass is 9.95. The van der Waals surface area contributed by atoms with Gasteiger partial charge in [-0.2, -0.15) is 13.2 Å². The van der Waals surface area contributed by atoms with Gasteiger partial charge < -0.3 is 14.6 Å². The fraction of sp³-hybridized carbons (Fsp3) is 0.389. The molecule has 2 aromatic rings. The monoisotopic (exact) mass is 384 g/mol. The van der Waals surface area contributed by atoms with Gasteiger partial charge in [-0.1, -0.05) is 31.1 Å². The lowest BCUT2D eigenvalue weighted by molar-refractivity contribution is -0.137. The largest absolute Gasteiger partial charge is 0.463 e. The van der Waals surface area contributed by atoms with E-state index in [2.05, 4.69) is 15.2 Å². The molecule has 0 aliphatic heterocycles. The molecule has 0 fully saturated rings. The molecule has 1 aromatic heterocycles. The predicted molar refractivity (Wildman–Crippen MR) is 88.9 cm³/mol. The molecule has 0 unspecified atom stereocenters. The third kappa shape index (κ3) is 5.32. The van der Waals surface area contributed by atoms with Crippen molar-refractivity contribution in [2.75, 3.05) is 7.11 Å². The molecular weight excluding hydrogens is 365 g/mol. The number of methoxy groups -OCH3 is 1. The van der Waals surface area contributed by atoms with Crippen molar-refractivity contribution in [3.8, 4) is 0 Å². The van der Waals surface area contributed by atoms with Gasteiger partial charge in [0.05, 0.1) is 18.7 Å². The summed E-state index contributed by atoms with van der Waals surface area (Å²) in [6, 6.07) is 5.24. The van der Waals surface area contributed by atoms with Crippen LogP contribution in [0.5, 0.6) is 0 Å². The summed E-state index contributed by atoms with van der Waals surface area (Å²) in [5.41, 5.74) is -0.642. The Labute approximate surface area is 153 Å². The van der Waals surface area contributed by atoms with Crippen molar-refractivity contribution in [1.82, 2.24) is 10.5 Å². The van der Waals surface area contributed by atoms with Crippen molar-refractivity contribution in [3.05, 3.63) is 52.9 Å². The van der Waals surface area contributed by atoms with Gasteiger partial charge in [-0.25, -0.2) is 4.79 Å². The fourth-order valence-electron chi connectivity index (χ4n) is 2.49. The molecule has 0 saturated carbocycles. The summed E-state index contributed by atoms with van der Waals surface area (Å²) < 4.78 is 48.1. The van der Waals surface area contributed by atoms with Crippen LogP contribution in [0.1, 0.15) is 58.5 Å². The molecule has 1 N–H and O–H groups in total. The van der Waals surface area contributed by atoms with Crippen LogP contribution in [0.2, 0.25) is 0 Å². The number of rotatable bonds is 6. The van der Waals surface area contributed by atoms with Gasteiger partial charge in [0.25, 0.3) is 5.91 Å². The molecule has 9 heteroatoms. The van der Waals surface area contributed by atoms with Crippen LogP contribution in [0.4, 0.5) is 13.2 Å². The Balaban J connectivity index is 2.25. The summed E-state index contributed by atoms with van der Waals surface area (Å²) in [7, 11) is 1.15. The maximum atomic E-state index is 13.0. The highest BCUT2D eigenvalue weighted by atomic mass is 19.4. The maximum absolute atomic E-state index is 13.0. The molecule has 1 heterocycles. The molecule has 0 saturated heterocycles. The topological polar surface area (TPSA) is 81.4 Å². The number of aromatic nitrogens is 1. The Hall–Kier alpha value is -2.84. The van der Waals surface area contributed by atoms with Gasteiger partial charge in [0, 0.05) is 6.07 Å². The average Bonchev–Trinajstić information content (AvgIpc) is 3.09. The Morgan fingerprint density at radius 1 is 1.26 bits per heavy atom. The van der Waals surface area contributed by atoms with Crippen molar-refractivity contribution < 1.29 is 32.0 Å². The highest BCUT2D eigenvalue weighted by Gasteiger charge is 2.31. The molecule has 0 radical (unpaired) electrons. The first-order valence-electron chi connectivity index (χ1n) is 8.15. The van der Waals surface area contributed by atoms with Crippen LogP contribution < -0.4 is 5.32 Å². The zero-order valence-corrected chi connectivity index (χ0v) is 15.0. The number of alkyl halides is 3. The SMILES string of the molecule is COC(=O)c1cc(C(=O)N[C@@H](CC(C)C)c2cccc(C(F)(F)F)c2)no1. The lowest BCUT2D eigenvalue weighted by Crippen LogP contribution is -2.30. The zero-order valence-electron chi connectivity index (χ0n) is 15.0. The number of nitrogens with one attached hydrogen (secondary N) is 1. The summed E-state index contributed by atoms with van der Waals surface area (Å²) in [5.74, 6) is -1.61. The van der Waals surface area contributed by atoms with E-state index in [4.69, 9.17) is 4.52 Å². The number of carbonyl (C=O) groups excluding carboxylic acids is 2. The standard InChI is InChI=1S/C18H19F3N2O4/c1-10(2)7-13(11-5-4-6-12(8-11)18(19,20)21)22-16(24)14-9-15(27-23-14)17(25)26-3/h4-6,8-10,13H,7H2,1-3H3,(H,22,24)/t13-/m0/s1. The molecule has 0 bridgehead atoms. The van der Waals surface area contributed by atoms with Crippen LogP contribution >= 0.6 is 0 Å². The Kier molecular flexibility index (Phi) is 6.24. The first kappa shape index (κ1) is 20.5. The summed E-state index contributed by atoms with van der Waals surface area (Å²) in [5, 5.41) is 6.15. The molecule has 0 aliphatic carbocycles. The number of nitrogens with zero attached hydrogens (tertiary/aromatic N) is 1. The highest BCUT2D eigenvalue weighted by molar-refractivity contribution is 5.95. The van der Waals surface area contributed by atoms with Crippen molar-refractivity contribution >= 4 is 11.9 Å². The van der Waals surface area contributed by atoms with Crippen LogP contribution in [0.3, 0.4) is 0 Å². The fourth-order valence-corrected chi connectivity index (χ4v) is 2.49. The van der Waals surface area contributed by atoms with Crippen molar-refractivity contribution in [3.63, 3.8) is 0 Å². The molecule has 2 rings (SSSR count).